The summed E-state index contributed by atoms with van der Waals surface area (Å²) in [6, 6.07) is 25.4. The van der Waals surface area contributed by atoms with Gasteiger partial charge in [0.1, 0.15) is 0 Å². The van der Waals surface area contributed by atoms with Crippen LogP contribution in [0.25, 0.3) is 0 Å². The van der Waals surface area contributed by atoms with E-state index in [1.807, 2.05) is 43.3 Å². The summed E-state index contributed by atoms with van der Waals surface area (Å²) in [6.07, 6.45) is 0. The molecule has 146 valence electrons. The normalized spacial score (nSPS) is 10.1. The van der Waals surface area contributed by atoms with E-state index in [0.717, 1.165) is 5.69 Å². The van der Waals surface area contributed by atoms with Crippen LogP contribution >= 0.6 is 12.2 Å². The summed E-state index contributed by atoms with van der Waals surface area (Å²) in [7, 11) is 0. The Labute approximate surface area is 175 Å². The summed E-state index contributed by atoms with van der Waals surface area (Å²) in [4.78, 5) is 27.2. The van der Waals surface area contributed by atoms with Gasteiger partial charge in [-0.1, -0.05) is 48.5 Å². The zero-order valence-electron chi connectivity index (χ0n) is 16.0. The van der Waals surface area contributed by atoms with Gasteiger partial charge in [-0.3, -0.25) is 14.9 Å². The van der Waals surface area contributed by atoms with Crippen molar-refractivity contribution in [1.82, 2.24) is 5.32 Å². The fourth-order valence-corrected chi connectivity index (χ4v) is 3.10. The number of para-hydroxylation sites is 2. The molecule has 0 radical (unpaired) electrons. The van der Waals surface area contributed by atoms with Crippen molar-refractivity contribution in [2.24, 2.45) is 0 Å². The standard InChI is InChI=1S/C23H21N3O2S/c1-2-26(18-13-7-4-8-14-18)22(28)19-15-9-10-16-20(19)24-23(29)25-21(27)17-11-5-3-6-12-17/h3-16H,2H2,1H3,(H2,24,25,27,29). The lowest BCUT2D eigenvalue weighted by molar-refractivity contribution is 0.0974. The number of hydrogen-bond acceptors (Lipinski definition) is 3. The van der Waals surface area contributed by atoms with E-state index in [4.69, 9.17) is 12.2 Å². The van der Waals surface area contributed by atoms with Gasteiger partial charge in [0, 0.05) is 17.8 Å². The molecule has 29 heavy (non-hydrogen) atoms. The molecule has 5 nitrogen and oxygen atoms in total. The molecule has 0 saturated carbocycles. The summed E-state index contributed by atoms with van der Waals surface area (Å²) in [5.41, 5.74) is 2.32. The number of nitrogens with zero attached hydrogens (tertiary/aromatic N) is 1. The van der Waals surface area contributed by atoms with Crippen molar-refractivity contribution in [3.05, 3.63) is 96.1 Å². The van der Waals surface area contributed by atoms with Crippen molar-refractivity contribution >= 4 is 40.5 Å². The monoisotopic (exact) mass is 403 g/mol. The second-order valence-corrected chi connectivity index (χ2v) is 6.61. The van der Waals surface area contributed by atoms with Gasteiger partial charge < -0.3 is 10.2 Å². The van der Waals surface area contributed by atoms with Gasteiger partial charge in [0.15, 0.2) is 5.11 Å². The number of rotatable bonds is 5. The van der Waals surface area contributed by atoms with E-state index in [2.05, 4.69) is 10.6 Å². The molecule has 0 aliphatic heterocycles. The first-order chi connectivity index (χ1) is 14.1. The van der Waals surface area contributed by atoms with Crippen LogP contribution in [0.2, 0.25) is 0 Å². The first kappa shape index (κ1) is 20.2. The van der Waals surface area contributed by atoms with E-state index < -0.39 is 0 Å². The molecule has 2 amide bonds. The number of anilines is 2. The Kier molecular flexibility index (Phi) is 6.71. The van der Waals surface area contributed by atoms with Crippen LogP contribution in [0, 0.1) is 0 Å². The van der Waals surface area contributed by atoms with E-state index >= 15 is 0 Å². The lowest BCUT2D eigenvalue weighted by Crippen LogP contribution is -2.35. The number of carbonyl (C=O) groups excluding carboxylic acids is 2. The Hall–Kier alpha value is -3.51. The molecular formula is C23H21N3O2S. The third kappa shape index (κ3) is 5.06. The van der Waals surface area contributed by atoms with Gasteiger partial charge in [-0.15, -0.1) is 0 Å². The van der Waals surface area contributed by atoms with E-state index in [9.17, 15) is 9.59 Å². The molecule has 2 N–H and O–H groups in total. The van der Waals surface area contributed by atoms with E-state index in [0.29, 0.717) is 23.4 Å². The molecule has 0 bridgehead atoms. The van der Waals surface area contributed by atoms with Crippen LogP contribution in [0.1, 0.15) is 27.6 Å². The van der Waals surface area contributed by atoms with Gasteiger partial charge in [0.25, 0.3) is 11.8 Å². The second kappa shape index (κ2) is 9.61. The van der Waals surface area contributed by atoms with E-state index in [1.165, 1.54) is 0 Å². The SMILES string of the molecule is CCN(C(=O)c1ccccc1NC(=S)NC(=O)c1ccccc1)c1ccccc1. The molecule has 0 aliphatic carbocycles. The van der Waals surface area contributed by atoms with Crippen LogP contribution < -0.4 is 15.5 Å². The summed E-state index contributed by atoms with van der Waals surface area (Å²) in [5, 5.41) is 5.74. The van der Waals surface area contributed by atoms with Crippen molar-refractivity contribution in [3.8, 4) is 0 Å². The zero-order valence-corrected chi connectivity index (χ0v) is 16.8. The molecule has 3 aromatic carbocycles. The lowest BCUT2D eigenvalue weighted by Gasteiger charge is -2.22. The molecule has 0 saturated heterocycles. The van der Waals surface area contributed by atoms with Gasteiger partial charge in [-0.2, -0.15) is 0 Å². The molecular weight excluding hydrogens is 382 g/mol. The minimum atomic E-state index is -0.314. The van der Waals surface area contributed by atoms with E-state index in [-0.39, 0.29) is 16.9 Å². The Morgan fingerprint density at radius 1 is 0.862 bits per heavy atom. The van der Waals surface area contributed by atoms with Crippen LogP contribution in [-0.4, -0.2) is 23.5 Å². The smallest absolute Gasteiger partial charge is 0.260 e. The highest BCUT2D eigenvalue weighted by molar-refractivity contribution is 7.80. The third-order valence-electron chi connectivity index (χ3n) is 4.30. The summed E-state index contributed by atoms with van der Waals surface area (Å²) >= 11 is 5.28. The molecule has 0 atom stereocenters. The summed E-state index contributed by atoms with van der Waals surface area (Å²) < 4.78 is 0. The van der Waals surface area contributed by atoms with Crippen LogP contribution in [-0.2, 0) is 0 Å². The Morgan fingerprint density at radius 2 is 1.45 bits per heavy atom. The first-order valence-corrected chi connectivity index (χ1v) is 9.64. The highest BCUT2D eigenvalue weighted by Gasteiger charge is 2.19. The van der Waals surface area contributed by atoms with Crippen molar-refractivity contribution in [1.29, 1.82) is 0 Å². The number of thiocarbonyl (C=S) groups is 1. The van der Waals surface area contributed by atoms with Gasteiger partial charge in [-0.25, -0.2) is 0 Å². The van der Waals surface area contributed by atoms with Crippen molar-refractivity contribution in [3.63, 3.8) is 0 Å². The summed E-state index contributed by atoms with van der Waals surface area (Å²) in [5.74, 6) is -0.467. The van der Waals surface area contributed by atoms with Crippen LogP contribution in [0.5, 0.6) is 0 Å². The van der Waals surface area contributed by atoms with Crippen LogP contribution in [0.4, 0.5) is 11.4 Å². The minimum absolute atomic E-state index is 0.127. The molecule has 0 fully saturated rings. The maximum absolute atomic E-state index is 13.2. The largest absolute Gasteiger partial charge is 0.332 e. The molecule has 6 heteroatoms. The average molecular weight is 404 g/mol. The lowest BCUT2D eigenvalue weighted by atomic mass is 10.1. The van der Waals surface area contributed by atoms with Gasteiger partial charge in [0.2, 0.25) is 0 Å². The molecule has 0 heterocycles. The maximum atomic E-state index is 13.2. The molecule has 0 aromatic heterocycles. The molecule has 0 aliphatic rings. The van der Waals surface area contributed by atoms with Gasteiger partial charge in [-0.05, 0) is 55.5 Å². The predicted octanol–water partition coefficient (Wildman–Crippen LogP) is 4.48. The number of benzene rings is 3. The average Bonchev–Trinajstić information content (AvgIpc) is 2.76. The van der Waals surface area contributed by atoms with Crippen molar-refractivity contribution < 1.29 is 9.59 Å². The Morgan fingerprint density at radius 3 is 2.10 bits per heavy atom. The second-order valence-electron chi connectivity index (χ2n) is 6.20. The number of carbonyl (C=O) groups is 2. The fourth-order valence-electron chi connectivity index (χ4n) is 2.89. The van der Waals surface area contributed by atoms with Crippen LogP contribution in [0.3, 0.4) is 0 Å². The van der Waals surface area contributed by atoms with Crippen molar-refractivity contribution in [2.45, 2.75) is 6.92 Å². The van der Waals surface area contributed by atoms with Crippen LogP contribution in [0.15, 0.2) is 84.9 Å². The topological polar surface area (TPSA) is 61.4 Å². The molecule has 3 rings (SSSR count). The third-order valence-corrected chi connectivity index (χ3v) is 4.50. The number of hydrogen-bond donors (Lipinski definition) is 2. The number of amides is 2. The predicted molar refractivity (Wildman–Crippen MR) is 120 cm³/mol. The van der Waals surface area contributed by atoms with E-state index in [1.54, 1.807) is 53.4 Å². The Balaban J connectivity index is 1.77. The highest BCUT2D eigenvalue weighted by atomic mass is 32.1. The number of nitrogens with one attached hydrogen (secondary N) is 2. The molecule has 0 unspecified atom stereocenters. The Bertz CT molecular complexity index is 1010. The first-order valence-electron chi connectivity index (χ1n) is 9.23. The minimum Gasteiger partial charge on any atom is -0.332 e. The quantitative estimate of drug-likeness (QED) is 0.617. The molecule has 3 aromatic rings. The van der Waals surface area contributed by atoms with Crippen molar-refractivity contribution in [2.75, 3.05) is 16.8 Å². The zero-order chi connectivity index (χ0) is 20.6. The maximum Gasteiger partial charge on any atom is 0.260 e. The fraction of sp³-hybridized carbons (Fsp3) is 0.0870. The molecule has 0 spiro atoms. The van der Waals surface area contributed by atoms with Gasteiger partial charge >= 0.3 is 0 Å². The van der Waals surface area contributed by atoms with Gasteiger partial charge in [0.05, 0.1) is 11.3 Å². The highest BCUT2D eigenvalue weighted by Crippen LogP contribution is 2.21. The summed E-state index contributed by atoms with van der Waals surface area (Å²) in [6.45, 7) is 2.44.